The first-order chi connectivity index (χ1) is 14.0. The van der Waals surface area contributed by atoms with E-state index in [2.05, 4.69) is 50.5 Å². The number of hydrogen-bond donors (Lipinski definition) is 3. The smallest absolute Gasteiger partial charge is 0.119 e. The van der Waals surface area contributed by atoms with Crippen LogP contribution in [0, 0.1) is 29.1 Å². The second kappa shape index (κ2) is 8.87. The van der Waals surface area contributed by atoms with E-state index in [1.807, 2.05) is 0 Å². The highest BCUT2D eigenvalue weighted by Gasteiger charge is 2.45. The lowest BCUT2D eigenvalue weighted by Gasteiger charge is -2.42. The highest BCUT2D eigenvalue weighted by Crippen LogP contribution is 2.56. The van der Waals surface area contributed by atoms with Crippen molar-refractivity contribution in [2.75, 3.05) is 0 Å². The fraction of sp³-hybridized carbons (Fsp3) is 0.630. The minimum atomic E-state index is -0.936. The van der Waals surface area contributed by atoms with Crippen LogP contribution < -0.4 is 0 Å². The van der Waals surface area contributed by atoms with Crippen LogP contribution in [0.2, 0.25) is 0 Å². The lowest BCUT2D eigenvalue weighted by Crippen LogP contribution is -2.32. The molecule has 0 aromatic heterocycles. The molecule has 0 radical (unpaired) electrons. The molecule has 2 fully saturated rings. The summed E-state index contributed by atoms with van der Waals surface area (Å²) in [6.45, 7) is 12.1. The lowest BCUT2D eigenvalue weighted by atomic mass is 9.62. The Kier molecular flexibility index (Phi) is 6.82. The summed E-state index contributed by atoms with van der Waals surface area (Å²) in [7, 11) is 0. The molecule has 0 bridgehead atoms. The average Bonchev–Trinajstić information content (AvgIpc) is 3.00. The minimum absolute atomic E-state index is 0.168. The summed E-state index contributed by atoms with van der Waals surface area (Å²) in [5.41, 5.74) is 3.95. The molecule has 30 heavy (non-hydrogen) atoms. The van der Waals surface area contributed by atoms with Crippen molar-refractivity contribution < 1.29 is 15.3 Å². The molecule has 5 atom stereocenters. The Labute approximate surface area is 182 Å². The molecule has 3 aliphatic rings. The van der Waals surface area contributed by atoms with Gasteiger partial charge in [-0.1, -0.05) is 61.6 Å². The van der Waals surface area contributed by atoms with Gasteiger partial charge in [-0.25, -0.2) is 0 Å². The molecule has 164 valence electrons. The zero-order valence-corrected chi connectivity index (χ0v) is 19.0. The van der Waals surface area contributed by atoms with Crippen LogP contribution in [0.4, 0.5) is 0 Å². The molecule has 0 amide bonds. The molecule has 0 aromatic carbocycles. The van der Waals surface area contributed by atoms with Crippen molar-refractivity contribution in [1.82, 2.24) is 0 Å². The molecular formula is C27H38O3. The van der Waals surface area contributed by atoms with Crippen LogP contribution in [0.5, 0.6) is 0 Å². The van der Waals surface area contributed by atoms with Gasteiger partial charge in [0.1, 0.15) is 5.60 Å². The SMILES string of the molecule is C=C1/C(=C\C=C2/CCC[C@]3(C)C([C@H](C)CC#CC(C)(C)O)=CC[C@@H]23)C[C@@H](O)C[C@@H]1O. The Hall–Kier alpha value is -1.60. The highest BCUT2D eigenvalue weighted by molar-refractivity contribution is 5.40. The van der Waals surface area contributed by atoms with Crippen LogP contribution in [-0.2, 0) is 0 Å². The van der Waals surface area contributed by atoms with Crippen molar-refractivity contribution in [2.24, 2.45) is 17.3 Å². The molecule has 0 aliphatic heterocycles. The van der Waals surface area contributed by atoms with Gasteiger partial charge in [-0.15, -0.1) is 0 Å². The summed E-state index contributed by atoms with van der Waals surface area (Å²) in [6, 6.07) is 0. The molecule has 3 nitrogen and oxygen atoms in total. The Morgan fingerprint density at radius 2 is 2.07 bits per heavy atom. The van der Waals surface area contributed by atoms with E-state index in [1.165, 1.54) is 24.0 Å². The molecule has 3 rings (SSSR count). The van der Waals surface area contributed by atoms with Gasteiger partial charge in [0, 0.05) is 12.8 Å². The van der Waals surface area contributed by atoms with Gasteiger partial charge < -0.3 is 15.3 Å². The largest absolute Gasteiger partial charge is 0.393 e. The molecule has 3 N–H and O–H groups in total. The predicted octanol–water partition coefficient (Wildman–Crippen LogP) is 4.85. The van der Waals surface area contributed by atoms with Crippen LogP contribution in [-0.4, -0.2) is 33.1 Å². The van der Waals surface area contributed by atoms with Gasteiger partial charge in [-0.3, -0.25) is 0 Å². The predicted molar refractivity (Wildman–Crippen MR) is 123 cm³/mol. The van der Waals surface area contributed by atoms with Crippen LogP contribution in [0.3, 0.4) is 0 Å². The van der Waals surface area contributed by atoms with Gasteiger partial charge in [0.05, 0.1) is 12.2 Å². The topological polar surface area (TPSA) is 60.7 Å². The zero-order chi connectivity index (χ0) is 22.1. The summed E-state index contributed by atoms with van der Waals surface area (Å²) in [5.74, 6) is 7.03. The summed E-state index contributed by atoms with van der Waals surface area (Å²) in [6.07, 6.45) is 11.9. The first-order valence-electron chi connectivity index (χ1n) is 11.4. The number of fused-ring (bicyclic) bond motifs is 1. The maximum absolute atomic E-state index is 10.1. The third-order valence-electron chi connectivity index (χ3n) is 7.21. The number of hydrogen-bond acceptors (Lipinski definition) is 3. The van der Waals surface area contributed by atoms with E-state index in [9.17, 15) is 15.3 Å². The lowest BCUT2D eigenvalue weighted by molar-refractivity contribution is 0.0862. The van der Waals surface area contributed by atoms with Crippen molar-refractivity contribution in [3.63, 3.8) is 0 Å². The number of rotatable bonds is 3. The molecule has 0 heterocycles. The third-order valence-corrected chi connectivity index (χ3v) is 7.21. The van der Waals surface area contributed by atoms with Gasteiger partial charge in [-0.2, -0.15) is 0 Å². The fourth-order valence-corrected chi connectivity index (χ4v) is 5.61. The Bertz CT molecular complexity index is 826. The molecule has 3 heteroatoms. The maximum atomic E-state index is 10.1. The normalized spacial score (nSPS) is 35.6. The summed E-state index contributed by atoms with van der Waals surface area (Å²) >= 11 is 0. The Morgan fingerprint density at radius 3 is 2.77 bits per heavy atom. The molecule has 0 unspecified atom stereocenters. The van der Waals surface area contributed by atoms with Crippen molar-refractivity contribution >= 4 is 0 Å². The summed E-state index contributed by atoms with van der Waals surface area (Å²) in [5, 5.41) is 30.0. The van der Waals surface area contributed by atoms with Crippen LogP contribution in [0.1, 0.15) is 72.6 Å². The summed E-state index contributed by atoms with van der Waals surface area (Å²) in [4.78, 5) is 0. The van der Waals surface area contributed by atoms with Gasteiger partial charge in [0.2, 0.25) is 0 Å². The molecular weight excluding hydrogens is 372 g/mol. The van der Waals surface area contributed by atoms with E-state index < -0.39 is 17.8 Å². The van der Waals surface area contributed by atoms with E-state index >= 15 is 0 Å². The molecule has 0 saturated heterocycles. The van der Waals surface area contributed by atoms with Gasteiger partial charge in [0.15, 0.2) is 0 Å². The Balaban J connectivity index is 1.76. The van der Waals surface area contributed by atoms with E-state index in [4.69, 9.17) is 0 Å². The van der Waals surface area contributed by atoms with E-state index in [0.29, 0.717) is 24.7 Å². The maximum Gasteiger partial charge on any atom is 0.119 e. The van der Waals surface area contributed by atoms with Crippen LogP contribution >= 0.6 is 0 Å². The van der Waals surface area contributed by atoms with Crippen LogP contribution in [0.25, 0.3) is 0 Å². The number of aliphatic hydroxyl groups excluding tert-OH is 2. The zero-order valence-electron chi connectivity index (χ0n) is 19.0. The highest BCUT2D eigenvalue weighted by atomic mass is 16.3. The van der Waals surface area contributed by atoms with Gasteiger partial charge in [0.25, 0.3) is 0 Å². The third kappa shape index (κ3) is 4.99. The van der Waals surface area contributed by atoms with E-state index in [-0.39, 0.29) is 5.41 Å². The monoisotopic (exact) mass is 410 g/mol. The second-order valence-corrected chi connectivity index (χ2v) is 10.3. The van der Waals surface area contributed by atoms with Crippen molar-refractivity contribution in [2.45, 2.75) is 90.4 Å². The number of aliphatic hydroxyl groups is 3. The first-order valence-corrected chi connectivity index (χ1v) is 11.4. The molecule has 0 aromatic rings. The van der Waals surface area contributed by atoms with Crippen LogP contribution in [0.15, 0.2) is 47.1 Å². The molecule has 3 aliphatic carbocycles. The van der Waals surface area contributed by atoms with Gasteiger partial charge in [-0.05, 0) is 74.3 Å². The molecule has 0 spiro atoms. The fourth-order valence-electron chi connectivity index (χ4n) is 5.61. The quantitative estimate of drug-likeness (QED) is 0.460. The first kappa shape index (κ1) is 23.1. The van der Waals surface area contributed by atoms with Crippen molar-refractivity contribution in [3.05, 3.63) is 47.1 Å². The number of allylic oxidation sites excluding steroid dienone is 5. The average molecular weight is 411 g/mol. The van der Waals surface area contributed by atoms with Gasteiger partial charge >= 0.3 is 0 Å². The van der Waals surface area contributed by atoms with E-state index in [0.717, 1.165) is 30.4 Å². The van der Waals surface area contributed by atoms with E-state index in [1.54, 1.807) is 13.8 Å². The summed E-state index contributed by atoms with van der Waals surface area (Å²) < 4.78 is 0. The van der Waals surface area contributed by atoms with Crippen molar-refractivity contribution in [1.29, 1.82) is 0 Å². The standard InChI is InChI=1S/C27H38O3/c1-18(8-6-14-26(3,4)30)23-12-13-24-20(9-7-15-27(23,24)5)10-11-21-16-22(28)17-25(29)19(21)2/h10-12,18,22,24-25,28-30H,2,7-9,13,15-17H2,1,3-5H3/b20-10+,21-11-/t18-,22-,24+,25+,27-/m1/s1. The van der Waals surface area contributed by atoms with Crippen molar-refractivity contribution in [3.8, 4) is 11.8 Å². The minimum Gasteiger partial charge on any atom is -0.393 e. The molecule has 2 saturated carbocycles. The second-order valence-electron chi connectivity index (χ2n) is 10.3. The Morgan fingerprint density at radius 1 is 1.33 bits per heavy atom.